The summed E-state index contributed by atoms with van der Waals surface area (Å²) in [5, 5.41) is 2.77. The van der Waals surface area contributed by atoms with E-state index in [0.717, 1.165) is 17.7 Å². The Hall–Kier alpha value is -2.56. The number of anilines is 1. The molecule has 0 saturated carbocycles. The summed E-state index contributed by atoms with van der Waals surface area (Å²) in [5.74, 6) is 0.497. The highest BCUT2D eigenvalue weighted by molar-refractivity contribution is 5.89. The van der Waals surface area contributed by atoms with Crippen LogP contribution in [0.5, 0.6) is 5.75 Å². The number of urea groups is 1. The lowest BCUT2D eigenvalue weighted by molar-refractivity contribution is 0.206. The molecule has 0 aromatic heterocycles. The smallest absolute Gasteiger partial charge is 0.322 e. The van der Waals surface area contributed by atoms with Crippen molar-refractivity contribution in [3.8, 4) is 5.75 Å². The Kier molecular flexibility index (Phi) is 4.69. The Morgan fingerprint density at radius 1 is 1.25 bits per heavy atom. The maximum atomic E-state index is 13.6. The molecule has 2 aromatic carbocycles. The molecule has 1 N–H and O–H groups in total. The van der Waals surface area contributed by atoms with Crippen LogP contribution in [0.25, 0.3) is 0 Å². The van der Waals surface area contributed by atoms with E-state index in [2.05, 4.69) is 11.4 Å². The second-order valence-corrected chi connectivity index (χ2v) is 5.93. The van der Waals surface area contributed by atoms with Gasteiger partial charge in [-0.2, -0.15) is 0 Å². The molecule has 3 rings (SSSR count). The van der Waals surface area contributed by atoms with Crippen molar-refractivity contribution >= 4 is 11.7 Å². The summed E-state index contributed by atoms with van der Waals surface area (Å²) in [5.41, 5.74) is 3.36. The van der Waals surface area contributed by atoms with Crippen LogP contribution in [0.2, 0.25) is 0 Å². The second kappa shape index (κ2) is 6.91. The number of ether oxygens (including phenoxy) is 1. The average molecular weight is 328 g/mol. The van der Waals surface area contributed by atoms with Gasteiger partial charge in [-0.25, -0.2) is 9.18 Å². The molecule has 0 unspecified atom stereocenters. The Bertz CT molecular complexity index is 761. The Labute approximate surface area is 141 Å². The van der Waals surface area contributed by atoms with Gasteiger partial charge in [-0.3, -0.25) is 0 Å². The van der Waals surface area contributed by atoms with Gasteiger partial charge in [0, 0.05) is 18.8 Å². The van der Waals surface area contributed by atoms with Crippen molar-refractivity contribution < 1.29 is 13.9 Å². The number of hydrogen-bond donors (Lipinski definition) is 1. The number of amides is 2. The van der Waals surface area contributed by atoms with Crippen molar-refractivity contribution in [2.45, 2.75) is 26.8 Å². The zero-order valence-corrected chi connectivity index (χ0v) is 13.9. The van der Waals surface area contributed by atoms with Crippen molar-refractivity contribution in [2.75, 3.05) is 18.5 Å². The quantitative estimate of drug-likeness (QED) is 0.921. The Morgan fingerprint density at radius 2 is 2.08 bits per heavy atom. The Morgan fingerprint density at radius 3 is 2.83 bits per heavy atom. The number of benzene rings is 2. The Balaban J connectivity index is 1.70. The first kappa shape index (κ1) is 16.3. The highest BCUT2D eigenvalue weighted by Crippen LogP contribution is 2.24. The zero-order chi connectivity index (χ0) is 17.1. The van der Waals surface area contributed by atoms with Gasteiger partial charge in [0.2, 0.25) is 0 Å². The third kappa shape index (κ3) is 3.50. The number of fused-ring (bicyclic) bond motifs is 1. The zero-order valence-electron chi connectivity index (χ0n) is 13.9. The van der Waals surface area contributed by atoms with E-state index in [0.29, 0.717) is 30.9 Å². The third-order valence-electron chi connectivity index (χ3n) is 4.21. The monoisotopic (exact) mass is 328 g/mol. The predicted molar refractivity (Wildman–Crippen MR) is 91.9 cm³/mol. The summed E-state index contributed by atoms with van der Waals surface area (Å²) in [6, 6.07) is 10.5. The van der Waals surface area contributed by atoms with Crippen LogP contribution in [0.1, 0.15) is 23.6 Å². The topological polar surface area (TPSA) is 41.6 Å². The van der Waals surface area contributed by atoms with Crippen molar-refractivity contribution in [1.82, 2.24) is 4.90 Å². The molecule has 1 heterocycles. The van der Waals surface area contributed by atoms with Crippen molar-refractivity contribution in [1.29, 1.82) is 0 Å². The first-order chi connectivity index (χ1) is 11.6. The van der Waals surface area contributed by atoms with Gasteiger partial charge < -0.3 is 15.0 Å². The lowest BCUT2D eigenvalue weighted by atomic mass is 10.00. The van der Waals surface area contributed by atoms with E-state index in [1.165, 1.54) is 11.6 Å². The van der Waals surface area contributed by atoms with Crippen LogP contribution in [0, 0.1) is 12.7 Å². The summed E-state index contributed by atoms with van der Waals surface area (Å²) in [6.45, 7) is 5.41. The van der Waals surface area contributed by atoms with E-state index < -0.39 is 0 Å². The molecule has 126 valence electrons. The summed E-state index contributed by atoms with van der Waals surface area (Å²) >= 11 is 0. The fourth-order valence-electron chi connectivity index (χ4n) is 2.84. The molecule has 0 spiro atoms. The lowest BCUT2D eigenvalue weighted by Crippen LogP contribution is -2.38. The molecule has 0 saturated heterocycles. The van der Waals surface area contributed by atoms with Gasteiger partial charge in [-0.05, 0) is 61.2 Å². The van der Waals surface area contributed by atoms with E-state index in [9.17, 15) is 9.18 Å². The number of carbonyl (C=O) groups excluding carboxylic acids is 1. The fraction of sp³-hybridized carbons (Fsp3) is 0.316. The molecule has 5 heteroatoms. The molecular weight excluding hydrogens is 307 g/mol. The van der Waals surface area contributed by atoms with E-state index in [1.807, 2.05) is 19.1 Å². The molecule has 1 aliphatic rings. The molecule has 0 aliphatic carbocycles. The van der Waals surface area contributed by atoms with Gasteiger partial charge in [-0.15, -0.1) is 0 Å². The van der Waals surface area contributed by atoms with E-state index in [1.54, 1.807) is 24.0 Å². The van der Waals surface area contributed by atoms with Crippen molar-refractivity contribution in [2.24, 2.45) is 0 Å². The summed E-state index contributed by atoms with van der Waals surface area (Å²) in [7, 11) is 0. The van der Waals surface area contributed by atoms with Gasteiger partial charge >= 0.3 is 6.03 Å². The standard InChI is InChI=1S/C19H21FN2O2/c1-3-24-17-7-5-14-8-9-22(12-15(14)10-17)19(23)21-16-6-4-13(2)18(20)11-16/h4-7,10-11H,3,8-9,12H2,1-2H3,(H,21,23). The third-order valence-corrected chi connectivity index (χ3v) is 4.21. The minimum atomic E-state index is -0.321. The van der Waals surface area contributed by atoms with E-state index in [-0.39, 0.29) is 11.8 Å². The first-order valence-corrected chi connectivity index (χ1v) is 8.13. The molecule has 0 fully saturated rings. The average Bonchev–Trinajstić information content (AvgIpc) is 2.58. The number of carbonyl (C=O) groups is 1. The van der Waals surface area contributed by atoms with Gasteiger partial charge in [-0.1, -0.05) is 12.1 Å². The number of nitrogens with zero attached hydrogens (tertiary/aromatic N) is 1. The van der Waals surface area contributed by atoms with Gasteiger partial charge in [0.15, 0.2) is 0 Å². The number of halogens is 1. The lowest BCUT2D eigenvalue weighted by Gasteiger charge is -2.29. The summed E-state index contributed by atoms with van der Waals surface area (Å²) in [6.07, 6.45) is 0.803. The highest BCUT2D eigenvalue weighted by atomic mass is 19.1. The molecule has 0 radical (unpaired) electrons. The SMILES string of the molecule is CCOc1ccc2c(c1)CN(C(=O)Nc1ccc(C)c(F)c1)CC2. The molecular formula is C19H21FN2O2. The number of hydrogen-bond acceptors (Lipinski definition) is 2. The molecule has 0 bridgehead atoms. The fourth-order valence-corrected chi connectivity index (χ4v) is 2.84. The van der Waals surface area contributed by atoms with Crippen LogP contribution in [0.4, 0.5) is 14.9 Å². The maximum absolute atomic E-state index is 13.6. The molecule has 2 amide bonds. The summed E-state index contributed by atoms with van der Waals surface area (Å²) < 4.78 is 19.1. The van der Waals surface area contributed by atoms with E-state index in [4.69, 9.17) is 4.74 Å². The minimum Gasteiger partial charge on any atom is -0.494 e. The van der Waals surface area contributed by atoms with Crippen LogP contribution >= 0.6 is 0 Å². The van der Waals surface area contributed by atoms with Gasteiger partial charge in [0.25, 0.3) is 0 Å². The normalized spacial score (nSPS) is 13.4. The molecule has 0 atom stereocenters. The highest BCUT2D eigenvalue weighted by Gasteiger charge is 2.21. The van der Waals surface area contributed by atoms with Gasteiger partial charge in [0.05, 0.1) is 6.61 Å². The predicted octanol–water partition coefficient (Wildman–Crippen LogP) is 4.12. The van der Waals surface area contributed by atoms with Crippen molar-refractivity contribution in [3.63, 3.8) is 0 Å². The van der Waals surface area contributed by atoms with Crippen molar-refractivity contribution in [3.05, 3.63) is 58.9 Å². The van der Waals surface area contributed by atoms with E-state index >= 15 is 0 Å². The molecule has 24 heavy (non-hydrogen) atoms. The molecule has 1 aliphatic heterocycles. The van der Waals surface area contributed by atoms with Crippen LogP contribution in [0.3, 0.4) is 0 Å². The van der Waals surface area contributed by atoms with Crippen LogP contribution in [-0.4, -0.2) is 24.1 Å². The van der Waals surface area contributed by atoms with Crippen LogP contribution in [0.15, 0.2) is 36.4 Å². The largest absolute Gasteiger partial charge is 0.494 e. The molecule has 4 nitrogen and oxygen atoms in total. The summed E-state index contributed by atoms with van der Waals surface area (Å²) in [4.78, 5) is 14.2. The second-order valence-electron chi connectivity index (χ2n) is 5.93. The molecule has 2 aromatic rings. The minimum absolute atomic E-state index is 0.217. The maximum Gasteiger partial charge on any atom is 0.322 e. The number of aryl methyl sites for hydroxylation is 1. The first-order valence-electron chi connectivity index (χ1n) is 8.13. The number of rotatable bonds is 3. The van der Waals surface area contributed by atoms with Crippen LogP contribution < -0.4 is 10.1 Å². The number of nitrogens with one attached hydrogen (secondary N) is 1. The van der Waals surface area contributed by atoms with Gasteiger partial charge in [0.1, 0.15) is 11.6 Å². The van der Waals surface area contributed by atoms with Crippen LogP contribution in [-0.2, 0) is 13.0 Å².